The molecule has 0 unspecified atom stereocenters. The molecule has 3 heterocycles. The summed E-state index contributed by atoms with van der Waals surface area (Å²) in [5, 5.41) is 1.98. The Bertz CT molecular complexity index is 875. The second-order valence-electron chi connectivity index (χ2n) is 6.65. The molecule has 0 fully saturated rings. The van der Waals surface area contributed by atoms with Crippen molar-refractivity contribution in [3.8, 4) is 11.8 Å². The molecule has 2 aromatic heterocycles. The molecule has 8 heteroatoms. The third kappa shape index (κ3) is 5.76. The van der Waals surface area contributed by atoms with Gasteiger partial charge in [-0.3, -0.25) is 0 Å². The lowest BCUT2D eigenvalue weighted by molar-refractivity contribution is -0.00720. The van der Waals surface area contributed by atoms with Crippen molar-refractivity contribution >= 4 is 21.8 Å². The van der Waals surface area contributed by atoms with Crippen LogP contribution in [0.15, 0.2) is 36.4 Å². The minimum Gasteiger partial charge on any atom is -0.475 e. The van der Waals surface area contributed by atoms with Gasteiger partial charge in [0.1, 0.15) is 24.2 Å². The van der Waals surface area contributed by atoms with Crippen LogP contribution in [-0.2, 0) is 18.9 Å². The second-order valence-corrected chi connectivity index (χ2v) is 6.65. The van der Waals surface area contributed by atoms with Gasteiger partial charge in [-0.1, -0.05) is 12.1 Å². The number of hydrogen-bond acceptors (Lipinski definition) is 8. The molecule has 4 rings (SSSR count). The smallest absolute Gasteiger partial charge is 0.213 e. The first-order valence-corrected chi connectivity index (χ1v) is 10.2. The molecule has 0 amide bonds. The van der Waals surface area contributed by atoms with Crippen molar-refractivity contribution in [2.24, 2.45) is 0 Å². The van der Waals surface area contributed by atoms with Gasteiger partial charge in [-0.05, 0) is 12.1 Å². The van der Waals surface area contributed by atoms with E-state index >= 15 is 0 Å². The van der Waals surface area contributed by atoms with Gasteiger partial charge in [-0.25, -0.2) is 9.97 Å². The van der Waals surface area contributed by atoms with E-state index in [4.69, 9.17) is 28.4 Å². The molecule has 1 aliphatic heterocycles. The standard InChI is InChI=1S/C22H26N2O6/c1-2-18-4-6-20-24-22(18)21-17(1)3-5-19(23-21)29-15-13-27-11-9-25-7-8-26-10-12-28-14-16-30-20/h1-6H,7-16H2. The minimum atomic E-state index is 0.411. The fraction of sp³-hybridized carbons (Fsp3) is 0.455. The SMILES string of the molecule is c1cc2ccc3ccc4nc3c2nc1OCCOCCOCCOCCOCCO4. The van der Waals surface area contributed by atoms with Gasteiger partial charge in [0.25, 0.3) is 0 Å². The number of ether oxygens (including phenoxy) is 6. The van der Waals surface area contributed by atoms with E-state index in [2.05, 4.69) is 9.97 Å². The van der Waals surface area contributed by atoms with E-state index in [1.165, 1.54) is 0 Å². The number of rotatable bonds is 0. The van der Waals surface area contributed by atoms with Gasteiger partial charge >= 0.3 is 0 Å². The minimum absolute atomic E-state index is 0.411. The van der Waals surface area contributed by atoms with Crippen LogP contribution < -0.4 is 9.47 Å². The summed E-state index contributed by atoms with van der Waals surface area (Å²) in [5.74, 6) is 1.08. The lowest BCUT2D eigenvalue weighted by Crippen LogP contribution is -2.15. The number of benzene rings is 1. The Morgan fingerprint density at radius 2 is 0.767 bits per heavy atom. The molecule has 0 atom stereocenters. The Kier molecular flexibility index (Phi) is 7.63. The maximum absolute atomic E-state index is 5.75. The number of pyridine rings is 2. The average Bonchev–Trinajstić information content (AvgIpc) is 2.78. The molecule has 8 nitrogen and oxygen atoms in total. The number of fused-ring (bicyclic) bond motifs is 2. The van der Waals surface area contributed by atoms with Crippen LogP contribution >= 0.6 is 0 Å². The summed E-state index contributed by atoms with van der Waals surface area (Å²) in [5.41, 5.74) is 1.56. The first-order valence-electron chi connectivity index (χ1n) is 10.2. The van der Waals surface area contributed by atoms with Gasteiger partial charge in [-0.15, -0.1) is 0 Å². The largest absolute Gasteiger partial charge is 0.475 e. The summed E-state index contributed by atoms with van der Waals surface area (Å²) in [4.78, 5) is 9.32. The van der Waals surface area contributed by atoms with Crippen molar-refractivity contribution in [1.29, 1.82) is 0 Å². The molecule has 160 valence electrons. The predicted octanol–water partition coefficient (Wildman–Crippen LogP) is 2.62. The van der Waals surface area contributed by atoms with E-state index in [1.807, 2.05) is 36.4 Å². The van der Waals surface area contributed by atoms with E-state index in [0.29, 0.717) is 77.8 Å². The van der Waals surface area contributed by atoms with E-state index < -0.39 is 0 Å². The van der Waals surface area contributed by atoms with E-state index in [-0.39, 0.29) is 0 Å². The fourth-order valence-corrected chi connectivity index (χ4v) is 3.06. The third-order valence-corrected chi connectivity index (χ3v) is 4.54. The first kappa shape index (κ1) is 20.7. The van der Waals surface area contributed by atoms with Crippen molar-refractivity contribution in [2.75, 3.05) is 66.1 Å². The summed E-state index contributed by atoms with van der Waals surface area (Å²) in [7, 11) is 0. The molecule has 0 aliphatic carbocycles. The maximum Gasteiger partial charge on any atom is 0.213 e. The van der Waals surface area contributed by atoms with Crippen LogP contribution in [0.1, 0.15) is 0 Å². The zero-order valence-corrected chi connectivity index (χ0v) is 16.9. The number of aromatic nitrogens is 2. The van der Waals surface area contributed by atoms with E-state index in [9.17, 15) is 0 Å². The van der Waals surface area contributed by atoms with Crippen LogP contribution in [0.25, 0.3) is 21.8 Å². The molecule has 4 bridgehead atoms. The van der Waals surface area contributed by atoms with Crippen molar-refractivity contribution in [3.05, 3.63) is 36.4 Å². The second kappa shape index (κ2) is 11.0. The normalized spacial score (nSPS) is 18.0. The Labute approximate surface area is 175 Å². The zero-order valence-electron chi connectivity index (χ0n) is 16.9. The van der Waals surface area contributed by atoms with Crippen LogP contribution in [-0.4, -0.2) is 76.0 Å². The van der Waals surface area contributed by atoms with Gasteiger partial charge in [-0.2, -0.15) is 0 Å². The van der Waals surface area contributed by atoms with Crippen molar-refractivity contribution in [2.45, 2.75) is 0 Å². The predicted molar refractivity (Wildman–Crippen MR) is 111 cm³/mol. The van der Waals surface area contributed by atoms with Gasteiger partial charge in [0.2, 0.25) is 11.8 Å². The molecule has 3 aromatic rings. The first-order chi connectivity index (χ1) is 14.9. The van der Waals surface area contributed by atoms with Crippen molar-refractivity contribution < 1.29 is 28.4 Å². The van der Waals surface area contributed by atoms with E-state index in [1.54, 1.807) is 0 Å². The van der Waals surface area contributed by atoms with Crippen molar-refractivity contribution in [1.82, 2.24) is 9.97 Å². The van der Waals surface area contributed by atoms with Crippen LogP contribution in [0.4, 0.5) is 0 Å². The summed E-state index contributed by atoms with van der Waals surface area (Å²) in [6, 6.07) is 11.7. The zero-order chi connectivity index (χ0) is 20.4. The highest BCUT2D eigenvalue weighted by Gasteiger charge is 2.08. The van der Waals surface area contributed by atoms with Gasteiger partial charge in [0, 0.05) is 22.9 Å². The highest BCUT2D eigenvalue weighted by Crippen LogP contribution is 2.26. The number of hydrogen-bond donors (Lipinski definition) is 0. The Morgan fingerprint density at radius 1 is 0.433 bits per heavy atom. The Balaban J connectivity index is 1.50. The molecule has 30 heavy (non-hydrogen) atoms. The molecule has 0 saturated carbocycles. The molecule has 0 radical (unpaired) electrons. The molecule has 0 spiro atoms. The van der Waals surface area contributed by atoms with Gasteiger partial charge < -0.3 is 28.4 Å². The van der Waals surface area contributed by atoms with Crippen LogP contribution in [0, 0.1) is 0 Å². The summed E-state index contributed by atoms with van der Waals surface area (Å²) >= 11 is 0. The summed E-state index contributed by atoms with van der Waals surface area (Å²) in [6.07, 6.45) is 0. The molecule has 0 N–H and O–H groups in total. The Hall–Kier alpha value is -2.52. The molecular formula is C22H26N2O6. The average molecular weight is 414 g/mol. The lowest BCUT2D eigenvalue weighted by Gasteiger charge is -2.11. The van der Waals surface area contributed by atoms with E-state index in [0.717, 1.165) is 21.8 Å². The van der Waals surface area contributed by atoms with Crippen LogP contribution in [0.3, 0.4) is 0 Å². The van der Waals surface area contributed by atoms with Crippen molar-refractivity contribution in [3.63, 3.8) is 0 Å². The van der Waals surface area contributed by atoms with Gasteiger partial charge in [0.15, 0.2) is 0 Å². The highest BCUT2D eigenvalue weighted by molar-refractivity contribution is 6.03. The van der Waals surface area contributed by atoms with Gasteiger partial charge in [0.05, 0.1) is 52.9 Å². The topological polar surface area (TPSA) is 81.2 Å². The number of nitrogens with zero attached hydrogens (tertiary/aromatic N) is 2. The molecular weight excluding hydrogens is 388 g/mol. The molecule has 1 aromatic carbocycles. The summed E-state index contributed by atoms with van der Waals surface area (Å²) in [6.45, 7) is 4.86. The van der Waals surface area contributed by atoms with Crippen LogP contribution in [0.2, 0.25) is 0 Å². The fourth-order valence-electron chi connectivity index (χ4n) is 3.06. The monoisotopic (exact) mass is 414 g/mol. The third-order valence-electron chi connectivity index (χ3n) is 4.54. The Morgan fingerprint density at radius 3 is 1.17 bits per heavy atom. The highest BCUT2D eigenvalue weighted by atomic mass is 16.6. The quantitative estimate of drug-likeness (QED) is 0.520. The lowest BCUT2D eigenvalue weighted by atomic mass is 10.1. The molecule has 0 saturated heterocycles. The summed E-state index contributed by atoms with van der Waals surface area (Å²) < 4.78 is 33.5. The maximum atomic E-state index is 5.75. The van der Waals surface area contributed by atoms with Crippen LogP contribution in [0.5, 0.6) is 11.8 Å². The molecule has 1 aliphatic rings.